The van der Waals surface area contributed by atoms with Crippen LogP contribution in [0.4, 0.5) is 5.69 Å². The third-order valence-electron chi connectivity index (χ3n) is 2.54. The number of benzene rings is 1. The largest absolute Gasteiger partial charge is 0.398 e. The number of nitrogens with zero attached hydrogens (tertiary/aromatic N) is 2. The number of nitrogens with two attached hydrogens (primary N) is 1. The van der Waals surface area contributed by atoms with Crippen molar-refractivity contribution < 1.29 is 0 Å². The van der Waals surface area contributed by atoms with Crippen molar-refractivity contribution >= 4 is 29.1 Å². The minimum absolute atomic E-state index is 0.389. The van der Waals surface area contributed by atoms with Crippen LogP contribution in [0.1, 0.15) is 25.6 Å². The predicted molar refractivity (Wildman–Crippen MR) is 78.0 cm³/mol. The molecular weight excluding hydrogens is 266 g/mol. The van der Waals surface area contributed by atoms with E-state index in [4.69, 9.17) is 17.3 Å². The molecule has 5 heteroatoms. The molecular formula is C13H16ClN3S. The van der Waals surface area contributed by atoms with E-state index in [2.05, 4.69) is 18.9 Å². The Morgan fingerprint density at radius 2 is 2.17 bits per heavy atom. The molecule has 0 bridgehead atoms. The lowest BCUT2D eigenvalue weighted by molar-refractivity contribution is 0.529. The minimum atomic E-state index is 0.389. The van der Waals surface area contributed by atoms with E-state index in [-0.39, 0.29) is 0 Å². The standard InChI is InChI=1S/C13H16ClN3S/c1-9(2)17-6-5-11(16-17)8-18-13-7-10(14)3-4-12(13)15/h3-7,9H,8,15H2,1-2H3. The summed E-state index contributed by atoms with van der Waals surface area (Å²) < 4.78 is 1.96. The summed E-state index contributed by atoms with van der Waals surface area (Å²) in [4.78, 5) is 1.00. The number of hydrogen-bond acceptors (Lipinski definition) is 3. The van der Waals surface area contributed by atoms with Gasteiger partial charge in [0.1, 0.15) is 0 Å². The molecule has 3 nitrogen and oxygen atoms in total. The maximum Gasteiger partial charge on any atom is 0.0727 e. The molecule has 2 rings (SSSR count). The summed E-state index contributed by atoms with van der Waals surface area (Å²) in [6, 6.07) is 7.94. The molecule has 1 aromatic heterocycles. The summed E-state index contributed by atoms with van der Waals surface area (Å²) >= 11 is 7.61. The van der Waals surface area contributed by atoms with Crippen molar-refractivity contribution in [2.45, 2.75) is 30.5 Å². The molecule has 0 unspecified atom stereocenters. The summed E-state index contributed by atoms with van der Waals surface area (Å²) in [7, 11) is 0. The first-order chi connectivity index (χ1) is 8.56. The highest BCUT2D eigenvalue weighted by Crippen LogP contribution is 2.30. The Morgan fingerprint density at radius 3 is 2.83 bits per heavy atom. The van der Waals surface area contributed by atoms with Crippen LogP contribution in [0.25, 0.3) is 0 Å². The molecule has 0 aliphatic heterocycles. The van der Waals surface area contributed by atoms with Gasteiger partial charge in [0.15, 0.2) is 0 Å². The average Bonchev–Trinajstić information content (AvgIpc) is 2.79. The highest BCUT2D eigenvalue weighted by atomic mass is 35.5. The second-order valence-corrected chi connectivity index (χ2v) is 5.81. The van der Waals surface area contributed by atoms with E-state index < -0.39 is 0 Å². The molecule has 0 saturated heterocycles. The topological polar surface area (TPSA) is 43.8 Å². The van der Waals surface area contributed by atoms with Crippen LogP contribution in [0.2, 0.25) is 5.02 Å². The fourth-order valence-corrected chi connectivity index (χ4v) is 2.67. The van der Waals surface area contributed by atoms with Crippen LogP contribution in [-0.4, -0.2) is 9.78 Å². The van der Waals surface area contributed by atoms with E-state index in [1.165, 1.54) is 0 Å². The number of hydrogen-bond donors (Lipinski definition) is 1. The van der Waals surface area contributed by atoms with Crippen molar-refractivity contribution in [1.29, 1.82) is 0 Å². The van der Waals surface area contributed by atoms with Crippen molar-refractivity contribution in [3.05, 3.63) is 41.2 Å². The Balaban J connectivity index is 2.04. The van der Waals surface area contributed by atoms with Crippen molar-refractivity contribution in [2.24, 2.45) is 0 Å². The smallest absolute Gasteiger partial charge is 0.0727 e. The fourth-order valence-electron chi connectivity index (χ4n) is 1.53. The number of anilines is 1. The molecule has 2 aromatic rings. The molecule has 0 fully saturated rings. The SMILES string of the molecule is CC(C)n1ccc(CSc2cc(Cl)ccc2N)n1. The van der Waals surface area contributed by atoms with Gasteiger partial charge in [-0.2, -0.15) is 5.10 Å². The zero-order chi connectivity index (χ0) is 13.1. The fraction of sp³-hybridized carbons (Fsp3) is 0.308. The van der Waals surface area contributed by atoms with E-state index in [1.807, 2.05) is 29.1 Å². The molecule has 0 spiro atoms. The minimum Gasteiger partial charge on any atom is -0.398 e. The van der Waals surface area contributed by atoms with Crippen LogP contribution < -0.4 is 5.73 Å². The van der Waals surface area contributed by atoms with Gasteiger partial charge in [0.25, 0.3) is 0 Å². The summed E-state index contributed by atoms with van der Waals surface area (Å²) in [6.45, 7) is 4.22. The molecule has 18 heavy (non-hydrogen) atoms. The first-order valence-corrected chi connectivity index (χ1v) is 7.14. The van der Waals surface area contributed by atoms with Crippen molar-refractivity contribution in [3.8, 4) is 0 Å². The van der Waals surface area contributed by atoms with Gasteiger partial charge >= 0.3 is 0 Å². The third-order valence-corrected chi connectivity index (χ3v) is 3.88. The van der Waals surface area contributed by atoms with Gasteiger partial charge < -0.3 is 5.73 Å². The van der Waals surface area contributed by atoms with Crippen LogP contribution in [0, 0.1) is 0 Å². The van der Waals surface area contributed by atoms with Crippen molar-refractivity contribution in [1.82, 2.24) is 9.78 Å². The first-order valence-electron chi connectivity index (χ1n) is 5.78. The van der Waals surface area contributed by atoms with Crippen molar-refractivity contribution in [2.75, 3.05) is 5.73 Å². The monoisotopic (exact) mass is 281 g/mol. The number of aromatic nitrogens is 2. The second-order valence-electron chi connectivity index (χ2n) is 4.35. The van der Waals surface area contributed by atoms with Gasteiger partial charge in [-0.05, 0) is 38.1 Å². The lowest BCUT2D eigenvalue weighted by Gasteiger charge is -2.05. The summed E-state index contributed by atoms with van der Waals surface area (Å²) in [5, 5.41) is 5.21. The number of halogens is 1. The quantitative estimate of drug-likeness (QED) is 0.681. The van der Waals surface area contributed by atoms with E-state index in [9.17, 15) is 0 Å². The number of rotatable bonds is 4. The molecule has 0 aliphatic rings. The van der Waals surface area contributed by atoms with Crippen LogP contribution >= 0.6 is 23.4 Å². The van der Waals surface area contributed by atoms with Gasteiger partial charge in [0, 0.05) is 33.6 Å². The molecule has 0 radical (unpaired) electrons. The molecule has 0 saturated carbocycles. The summed E-state index contributed by atoms with van der Waals surface area (Å²) in [5.74, 6) is 0.796. The Bertz CT molecular complexity index is 537. The van der Waals surface area contributed by atoms with Crippen LogP contribution in [0.5, 0.6) is 0 Å². The highest BCUT2D eigenvalue weighted by molar-refractivity contribution is 7.98. The Morgan fingerprint density at radius 1 is 1.39 bits per heavy atom. The maximum absolute atomic E-state index is 5.96. The molecule has 1 heterocycles. The van der Waals surface area contributed by atoms with Gasteiger partial charge in [0.2, 0.25) is 0 Å². The summed E-state index contributed by atoms with van der Waals surface area (Å²) in [6.07, 6.45) is 2.00. The van der Waals surface area contributed by atoms with Crippen LogP contribution in [0.15, 0.2) is 35.4 Å². The maximum atomic E-state index is 5.96. The lowest BCUT2D eigenvalue weighted by Crippen LogP contribution is -2.01. The molecule has 1 aromatic carbocycles. The first kappa shape index (κ1) is 13.3. The van der Waals surface area contributed by atoms with Gasteiger partial charge in [-0.15, -0.1) is 11.8 Å². The van der Waals surface area contributed by atoms with Gasteiger partial charge in [-0.3, -0.25) is 4.68 Å². The molecule has 2 N–H and O–H groups in total. The van der Waals surface area contributed by atoms with Gasteiger partial charge in [0.05, 0.1) is 5.69 Å². The number of nitrogen functional groups attached to an aromatic ring is 1. The molecule has 0 aliphatic carbocycles. The lowest BCUT2D eigenvalue weighted by atomic mass is 10.3. The zero-order valence-corrected chi connectivity index (χ0v) is 12.0. The van der Waals surface area contributed by atoms with Crippen molar-refractivity contribution in [3.63, 3.8) is 0 Å². The van der Waals surface area contributed by atoms with E-state index in [0.717, 1.165) is 22.0 Å². The van der Waals surface area contributed by atoms with E-state index >= 15 is 0 Å². The van der Waals surface area contributed by atoms with E-state index in [1.54, 1.807) is 17.8 Å². The summed E-state index contributed by atoms with van der Waals surface area (Å²) in [5.41, 5.74) is 7.71. The molecule has 0 amide bonds. The van der Waals surface area contributed by atoms with Gasteiger partial charge in [-0.25, -0.2) is 0 Å². The Hall–Kier alpha value is -1.13. The van der Waals surface area contributed by atoms with Gasteiger partial charge in [-0.1, -0.05) is 11.6 Å². The Labute approximate surface area is 116 Å². The second kappa shape index (κ2) is 5.67. The average molecular weight is 282 g/mol. The number of thioether (sulfide) groups is 1. The van der Waals surface area contributed by atoms with Crippen LogP contribution in [0.3, 0.4) is 0 Å². The third kappa shape index (κ3) is 3.21. The molecule has 96 valence electrons. The van der Waals surface area contributed by atoms with E-state index in [0.29, 0.717) is 11.1 Å². The molecule has 0 atom stereocenters. The zero-order valence-electron chi connectivity index (χ0n) is 10.4. The predicted octanol–water partition coefficient (Wildman–Crippen LogP) is 3.99. The Kier molecular flexibility index (Phi) is 4.19. The normalized spacial score (nSPS) is 11.1. The highest BCUT2D eigenvalue weighted by Gasteiger charge is 2.05. The van der Waals surface area contributed by atoms with Crippen LogP contribution in [-0.2, 0) is 5.75 Å².